The van der Waals surface area contributed by atoms with Crippen molar-refractivity contribution in [1.29, 1.82) is 0 Å². The lowest BCUT2D eigenvalue weighted by Gasteiger charge is -2.37. The summed E-state index contributed by atoms with van der Waals surface area (Å²) in [5, 5.41) is 11.6. The van der Waals surface area contributed by atoms with E-state index in [9.17, 15) is 14.7 Å². The number of benzene rings is 2. The lowest BCUT2D eigenvalue weighted by molar-refractivity contribution is -0.143. The van der Waals surface area contributed by atoms with Crippen molar-refractivity contribution in [2.24, 2.45) is 0 Å². The van der Waals surface area contributed by atoms with Crippen molar-refractivity contribution in [2.45, 2.75) is 24.9 Å². The lowest BCUT2D eigenvalue weighted by atomic mass is 9.93. The predicted molar refractivity (Wildman–Crippen MR) is 108 cm³/mol. The van der Waals surface area contributed by atoms with E-state index in [1.165, 1.54) is 6.08 Å². The summed E-state index contributed by atoms with van der Waals surface area (Å²) in [6.45, 7) is 0. The van der Waals surface area contributed by atoms with E-state index in [1.54, 1.807) is 23.2 Å². The number of ketones is 1. The number of carboxylic acid groups (broad SMARTS) is 1. The molecule has 2 N–H and O–H groups in total. The second-order valence-corrected chi connectivity index (χ2v) is 7.35. The molecule has 142 valence electrons. The minimum Gasteiger partial charge on any atom is -0.480 e. The Morgan fingerprint density at radius 2 is 1.96 bits per heavy atom. The Labute approximate surface area is 167 Å². The van der Waals surface area contributed by atoms with Crippen molar-refractivity contribution in [2.75, 3.05) is 0 Å². The molecule has 5 nitrogen and oxygen atoms in total. The molecule has 6 heteroatoms. The number of halogens is 1. The van der Waals surface area contributed by atoms with E-state index < -0.39 is 12.0 Å². The fraction of sp³-hybridized carbons (Fsp3) is 0.182. The Kier molecular flexibility index (Phi) is 4.92. The molecule has 2 atom stereocenters. The summed E-state index contributed by atoms with van der Waals surface area (Å²) in [5.74, 6) is -0.948. The van der Waals surface area contributed by atoms with Crippen molar-refractivity contribution in [3.63, 3.8) is 0 Å². The van der Waals surface area contributed by atoms with Gasteiger partial charge < -0.3 is 15.0 Å². The van der Waals surface area contributed by atoms with E-state index in [-0.39, 0.29) is 18.2 Å². The van der Waals surface area contributed by atoms with Crippen molar-refractivity contribution >= 4 is 34.3 Å². The first-order chi connectivity index (χ1) is 13.5. The molecule has 0 radical (unpaired) electrons. The van der Waals surface area contributed by atoms with Crippen LogP contribution in [0.1, 0.15) is 23.6 Å². The summed E-state index contributed by atoms with van der Waals surface area (Å²) in [6, 6.07) is 13.9. The average molecular weight is 395 g/mol. The van der Waals surface area contributed by atoms with Gasteiger partial charge in [0.05, 0.1) is 6.04 Å². The number of H-pyrrole nitrogens is 1. The maximum Gasteiger partial charge on any atom is 0.326 e. The standard InChI is InChI=1S/C22H19ClN2O3/c23-16-7-5-14(6-8-16)20-12-17(26)9-10-25(20)21(22(27)28)11-15-13-24-19-4-2-1-3-18(15)19/h1-10,13,20-21,24H,11-12H2,(H,27,28)/t20-,21+/m1/s1. The molecule has 3 aromatic rings. The number of carboxylic acids is 1. The highest BCUT2D eigenvalue weighted by Gasteiger charge is 2.34. The van der Waals surface area contributed by atoms with Crippen LogP contribution in [0.25, 0.3) is 10.9 Å². The number of carbonyl (C=O) groups is 2. The number of hydrogen-bond donors (Lipinski definition) is 2. The molecule has 0 amide bonds. The highest BCUT2D eigenvalue weighted by atomic mass is 35.5. The van der Waals surface area contributed by atoms with Crippen LogP contribution in [0.5, 0.6) is 0 Å². The first kappa shape index (κ1) is 18.3. The number of hydrogen-bond acceptors (Lipinski definition) is 3. The maximum absolute atomic E-state index is 12.2. The Morgan fingerprint density at radius 3 is 2.71 bits per heavy atom. The number of aromatic amines is 1. The minimum atomic E-state index is -0.928. The number of aliphatic carboxylic acids is 1. The summed E-state index contributed by atoms with van der Waals surface area (Å²) in [6.07, 6.45) is 5.48. The summed E-state index contributed by atoms with van der Waals surface area (Å²) in [4.78, 5) is 29.2. The van der Waals surface area contributed by atoms with Crippen LogP contribution in [0.4, 0.5) is 0 Å². The van der Waals surface area contributed by atoms with Gasteiger partial charge in [0.25, 0.3) is 0 Å². The van der Waals surface area contributed by atoms with Gasteiger partial charge in [-0.15, -0.1) is 0 Å². The molecular weight excluding hydrogens is 376 g/mol. The molecule has 0 fully saturated rings. The molecule has 0 spiro atoms. The summed E-state index contributed by atoms with van der Waals surface area (Å²) >= 11 is 5.99. The molecule has 28 heavy (non-hydrogen) atoms. The van der Waals surface area contributed by atoms with Crippen LogP contribution in [0, 0.1) is 0 Å². The zero-order chi connectivity index (χ0) is 19.7. The molecule has 1 aliphatic rings. The maximum atomic E-state index is 12.2. The third-order valence-electron chi connectivity index (χ3n) is 5.17. The van der Waals surface area contributed by atoms with Crippen molar-refractivity contribution < 1.29 is 14.7 Å². The second-order valence-electron chi connectivity index (χ2n) is 6.92. The fourth-order valence-corrected chi connectivity index (χ4v) is 3.89. The van der Waals surface area contributed by atoms with Gasteiger partial charge in [-0.1, -0.05) is 41.9 Å². The highest BCUT2D eigenvalue weighted by molar-refractivity contribution is 6.30. The Balaban J connectivity index is 1.70. The average Bonchev–Trinajstić information content (AvgIpc) is 3.10. The van der Waals surface area contributed by atoms with Gasteiger partial charge in [0.1, 0.15) is 6.04 Å². The quantitative estimate of drug-likeness (QED) is 0.674. The third kappa shape index (κ3) is 3.53. The van der Waals surface area contributed by atoms with E-state index in [0.717, 1.165) is 22.0 Å². The van der Waals surface area contributed by atoms with Gasteiger partial charge >= 0.3 is 5.97 Å². The smallest absolute Gasteiger partial charge is 0.326 e. The van der Waals surface area contributed by atoms with Gasteiger partial charge in [0.15, 0.2) is 5.78 Å². The van der Waals surface area contributed by atoms with E-state index in [1.807, 2.05) is 42.6 Å². The van der Waals surface area contributed by atoms with Gasteiger partial charge in [-0.3, -0.25) is 4.79 Å². The monoisotopic (exact) mass is 394 g/mol. The zero-order valence-electron chi connectivity index (χ0n) is 15.0. The first-order valence-corrected chi connectivity index (χ1v) is 9.42. The number of nitrogens with zero attached hydrogens (tertiary/aromatic N) is 1. The Morgan fingerprint density at radius 1 is 1.21 bits per heavy atom. The molecule has 0 saturated carbocycles. The van der Waals surface area contributed by atoms with E-state index in [2.05, 4.69) is 4.98 Å². The molecule has 1 aliphatic heterocycles. The van der Waals surface area contributed by atoms with Crippen molar-refractivity contribution in [3.05, 3.63) is 83.2 Å². The molecule has 1 aromatic heterocycles. The summed E-state index contributed by atoms with van der Waals surface area (Å²) < 4.78 is 0. The van der Waals surface area contributed by atoms with Gasteiger partial charge in [-0.2, -0.15) is 0 Å². The molecule has 4 rings (SSSR count). The molecule has 0 saturated heterocycles. The van der Waals surface area contributed by atoms with Gasteiger partial charge in [-0.05, 0) is 35.4 Å². The van der Waals surface area contributed by atoms with Gasteiger partial charge in [0.2, 0.25) is 0 Å². The molecule has 0 aliphatic carbocycles. The van der Waals surface area contributed by atoms with Crippen LogP contribution in [-0.4, -0.2) is 32.8 Å². The third-order valence-corrected chi connectivity index (χ3v) is 5.43. The number of para-hydroxylation sites is 1. The van der Waals surface area contributed by atoms with Crippen molar-refractivity contribution in [3.8, 4) is 0 Å². The van der Waals surface area contributed by atoms with Crippen LogP contribution < -0.4 is 0 Å². The first-order valence-electron chi connectivity index (χ1n) is 9.04. The molecule has 0 unspecified atom stereocenters. The largest absolute Gasteiger partial charge is 0.480 e. The summed E-state index contributed by atoms with van der Waals surface area (Å²) in [7, 11) is 0. The Hall–Kier alpha value is -3.05. The number of nitrogens with one attached hydrogen (secondary N) is 1. The Bertz CT molecular complexity index is 1060. The second kappa shape index (κ2) is 7.52. The lowest BCUT2D eigenvalue weighted by Crippen LogP contribution is -2.43. The molecular formula is C22H19ClN2O3. The van der Waals surface area contributed by atoms with Crippen LogP contribution in [0.3, 0.4) is 0 Å². The van der Waals surface area contributed by atoms with E-state index in [0.29, 0.717) is 11.4 Å². The van der Waals surface area contributed by atoms with E-state index >= 15 is 0 Å². The number of rotatable bonds is 5. The van der Waals surface area contributed by atoms with E-state index in [4.69, 9.17) is 11.6 Å². The molecule has 2 heterocycles. The van der Waals surface area contributed by atoms with Crippen LogP contribution in [0.2, 0.25) is 5.02 Å². The van der Waals surface area contributed by atoms with Crippen LogP contribution in [0.15, 0.2) is 67.0 Å². The SMILES string of the molecule is O=C1C=CN([C@@H](Cc2c[nH]c3ccccc23)C(=O)O)[C@@H](c2ccc(Cl)cc2)C1. The molecule has 0 bridgehead atoms. The fourth-order valence-electron chi connectivity index (χ4n) is 3.76. The predicted octanol–water partition coefficient (Wildman–Crippen LogP) is 4.35. The minimum absolute atomic E-state index is 0.0209. The number of carbonyl (C=O) groups excluding carboxylic acids is 1. The number of fused-ring (bicyclic) bond motifs is 1. The van der Waals surface area contributed by atoms with Crippen molar-refractivity contribution in [1.82, 2.24) is 9.88 Å². The number of aromatic nitrogens is 1. The molecule has 2 aromatic carbocycles. The zero-order valence-corrected chi connectivity index (χ0v) is 15.8. The van der Waals surface area contributed by atoms with Crippen LogP contribution in [-0.2, 0) is 16.0 Å². The van der Waals surface area contributed by atoms with Gasteiger partial charge in [-0.25, -0.2) is 4.79 Å². The number of allylic oxidation sites excluding steroid dienone is 1. The van der Waals surface area contributed by atoms with Crippen LogP contribution >= 0.6 is 11.6 Å². The highest BCUT2D eigenvalue weighted by Crippen LogP contribution is 2.33. The topological polar surface area (TPSA) is 73.4 Å². The normalized spacial score (nSPS) is 17.8. The van der Waals surface area contributed by atoms with Gasteiger partial charge in [0, 0.05) is 41.2 Å². The summed E-state index contributed by atoms with van der Waals surface area (Å²) in [5.41, 5.74) is 2.77.